The predicted octanol–water partition coefficient (Wildman–Crippen LogP) is 3.99. The zero-order chi connectivity index (χ0) is 10.2. The van der Waals surface area contributed by atoms with Gasteiger partial charge in [-0.2, -0.15) is 0 Å². The van der Waals surface area contributed by atoms with E-state index in [2.05, 4.69) is 13.0 Å². The van der Waals surface area contributed by atoms with Crippen molar-refractivity contribution in [2.75, 3.05) is 0 Å². The first-order valence-electron chi connectivity index (χ1n) is 6.04. The standard InChI is InChI=1S/C13H22O/c1-2-3-4-9-13(14)11-10-12-7-5-6-8-12/h10-12H,2-9H2,1H3/p+1. The molecule has 80 valence electrons. The first kappa shape index (κ1) is 11.5. The zero-order valence-corrected chi connectivity index (χ0v) is 9.30. The number of ketones is 1. The second-order valence-electron chi connectivity index (χ2n) is 4.33. The molecule has 1 heteroatoms. The number of carbonyl (C=O) groups excluding carboxylic acids is 1. The van der Waals surface area contributed by atoms with Crippen molar-refractivity contribution >= 4 is 5.78 Å². The molecule has 0 radical (unpaired) electrons. The maximum absolute atomic E-state index is 11.4. The number of carbonyl (C=O) groups is 1. The summed E-state index contributed by atoms with van der Waals surface area (Å²) < 4.78 is 0. The lowest BCUT2D eigenvalue weighted by molar-refractivity contribution is -0.114. The molecule has 0 spiro atoms. The van der Waals surface area contributed by atoms with Crippen LogP contribution in [0.25, 0.3) is 0 Å². The normalized spacial score (nSPS) is 18.1. The Bertz CT molecular complexity index is 193. The number of unbranched alkanes of at least 4 members (excludes halogenated alkanes) is 2. The van der Waals surface area contributed by atoms with Crippen molar-refractivity contribution in [3.05, 3.63) is 12.2 Å². The van der Waals surface area contributed by atoms with Crippen LogP contribution in [-0.4, -0.2) is 5.78 Å². The highest BCUT2D eigenvalue weighted by atomic mass is 16.1. The molecule has 1 rings (SSSR count). The third-order valence-corrected chi connectivity index (χ3v) is 2.98. The van der Waals surface area contributed by atoms with Gasteiger partial charge in [0.25, 0.3) is 0 Å². The molecule has 0 bridgehead atoms. The van der Waals surface area contributed by atoms with Gasteiger partial charge in [0.15, 0.2) is 5.78 Å². The van der Waals surface area contributed by atoms with Crippen molar-refractivity contribution in [2.45, 2.75) is 58.3 Å². The van der Waals surface area contributed by atoms with Gasteiger partial charge in [-0.15, -0.1) is 0 Å². The van der Waals surface area contributed by atoms with Gasteiger partial charge in [-0.25, -0.2) is 0 Å². The minimum absolute atomic E-state index is 0. The lowest BCUT2D eigenvalue weighted by atomic mass is 10.1. The monoisotopic (exact) mass is 195 g/mol. The van der Waals surface area contributed by atoms with Crippen molar-refractivity contribution in [1.82, 2.24) is 0 Å². The van der Waals surface area contributed by atoms with Gasteiger partial charge in [0, 0.05) is 6.42 Å². The van der Waals surface area contributed by atoms with Gasteiger partial charge in [0.2, 0.25) is 0 Å². The van der Waals surface area contributed by atoms with Crippen LogP contribution in [0.1, 0.15) is 59.7 Å². The van der Waals surface area contributed by atoms with Crippen molar-refractivity contribution in [2.24, 2.45) is 5.92 Å². The zero-order valence-electron chi connectivity index (χ0n) is 10.3. The van der Waals surface area contributed by atoms with Crippen LogP contribution in [0.4, 0.5) is 0 Å². The summed E-state index contributed by atoms with van der Waals surface area (Å²) in [7, 11) is 0. The predicted molar refractivity (Wildman–Crippen MR) is 61.4 cm³/mol. The van der Waals surface area contributed by atoms with E-state index >= 15 is 0 Å². The number of allylic oxidation sites excluding steroid dienone is 2. The first-order valence-corrected chi connectivity index (χ1v) is 6.04. The molecule has 0 aliphatic heterocycles. The molecule has 14 heavy (non-hydrogen) atoms. The maximum Gasteiger partial charge on any atom is 1.00 e. The molecule has 0 heterocycles. The van der Waals surface area contributed by atoms with Gasteiger partial charge >= 0.3 is 1.43 Å². The van der Waals surface area contributed by atoms with Gasteiger partial charge in [0.05, 0.1) is 0 Å². The van der Waals surface area contributed by atoms with E-state index in [0.29, 0.717) is 11.7 Å². The second-order valence-corrected chi connectivity index (χ2v) is 4.33. The van der Waals surface area contributed by atoms with Gasteiger partial charge in [-0.05, 0) is 31.3 Å². The lowest BCUT2D eigenvalue weighted by Gasteiger charge is -1.99. The lowest BCUT2D eigenvalue weighted by Crippen LogP contribution is -1.94. The SMILES string of the molecule is CCCCCC(=O)C=CC1CCCC1.[H+]. The molecule has 1 aliphatic carbocycles. The average Bonchev–Trinajstić information content (AvgIpc) is 2.68. The number of rotatable bonds is 6. The highest BCUT2D eigenvalue weighted by Crippen LogP contribution is 2.25. The van der Waals surface area contributed by atoms with Gasteiger partial charge in [0.1, 0.15) is 0 Å². The minimum Gasteiger partial charge on any atom is -0.295 e. The van der Waals surface area contributed by atoms with Crippen LogP contribution < -0.4 is 0 Å². The van der Waals surface area contributed by atoms with E-state index in [-0.39, 0.29) is 1.43 Å². The topological polar surface area (TPSA) is 17.1 Å². The largest absolute Gasteiger partial charge is 1.00 e. The molecule has 0 saturated heterocycles. The molecular weight excluding hydrogens is 172 g/mol. The van der Waals surface area contributed by atoms with Crippen LogP contribution >= 0.6 is 0 Å². The fourth-order valence-electron chi connectivity index (χ4n) is 2.03. The second kappa shape index (κ2) is 6.80. The molecule has 1 fully saturated rings. The van der Waals surface area contributed by atoms with Gasteiger partial charge in [-0.1, -0.05) is 38.7 Å². The Balaban J connectivity index is 0.00000196. The smallest absolute Gasteiger partial charge is 0.295 e. The van der Waals surface area contributed by atoms with E-state index in [1.807, 2.05) is 6.08 Å². The first-order chi connectivity index (χ1) is 6.83. The van der Waals surface area contributed by atoms with Gasteiger partial charge < -0.3 is 0 Å². The van der Waals surface area contributed by atoms with Crippen molar-refractivity contribution in [1.29, 1.82) is 0 Å². The van der Waals surface area contributed by atoms with Gasteiger partial charge in [-0.3, -0.25) is 4.79 Å². The van der Waals surface area contributed by atoms with Crippen LogP contribution in [0.15, 0.2) is 12.2 Å². The van der Waals surface area contributed by atoms with Crippen LogP contribution in [-0.2, 0) is 4.79 Å². The van der Waals surface area contributed by atoms with E-state index in [1.165, 1.54) is 38.5 Å². The van der Waals surface area contributed by atoms with Crippen LogP contribution in [0.2, 0.25) is 0 Å². The Labute approximate surface area is 89.1 Å². The number of hydrogen-bond donors (Lipinski definition) is 0. The molecule has 0 aromatic heterocycles. The maximum atomic E-state index is 11.4. The summed E-state index contributed by atoms with van der Waals surface area (Å²) in [4.78, 5) is 11.4. The Kier molecular flexibility index (Phi) is 5.58. The minimum atomic E-state index is 0. The molecule has 0 aromatic rings. The molecule has 1 aliphatic rings. The third kappa shape index (κ3) is 4.59. The van der Waals surface area contributed by atoms with E-state index in [4.69, 9.17) is 0 Å². The number of hydrogen-bond acceptors (Lipinski definition) is 1. The summed E-state index contributed by atoms with van der Waals surface area (Å²) in [5, 5.41) is 0. The highest BCUT2D eigenvalue weighted by molar-refractivity contribution is 5.89. The Morgan fingerprint density at radius 1 is 1.36 bits per heavy atom. The molecule has 0 amide bonds. The summed E-state index contributed by atoms with van der Waals surface area (Å²) in [5.74, 6) is 1.02. The van der Waals surface area contributed by atoms with E-state index in [0.717, 1.165) is 12.8 Å². The Morgan fingerprint density at radius 2 is 2.07 bits per heavy atom. The summed E-state index contributed by atoms with van der Waals surface area (Å²) in [6.45, 7) is 2.17. The summed E-state index contributed by atoms with van der Waals surface area (Å²) in [5.41, 5.74) is 0. The fourth-order valence-corrected chi connectivity index (χ4v) is 2.03. The fraction of sp³-hybridized carbons (Fsp3) is 0.769. The van der Waals surface area contributed by atoms with Crippen LogP contribution in [0, 0.1) is 5.92 Å². The summed E-state index contributed by atoms with van der Waals surface area (Å²) in [6.07, 6.45) is 13.4. The Hall–Kier alpha value is -0.590. The van der Waals surface area contributed by atoms with Crippen molar-refractivity contribution < 1.29 is 6.22 Å². The molecule has 1 nitrogen and oxygen atoms in total. The third-order valence-electron chi connectivity index (χ3n) is 2.98. The highest BCUT2D eigenvalue weighted by Gasteiger charge is 2.11. The van der Waals surface area contributed by atoms with E-state index in [9.17, 15) is 4.79 Å². The summed E-state index contributed by atoms with van der Waals surface area (Å²) in [6, 6.07) is 0. The average molecular weight is 195 g/mol. The molecule has 1 saturated carbocycles. The summed E-state index contributed by atoms with van der Waals surface area (Å²) >= 11 is 0. The van der Waals surface area contributed by atoms with Crippen LogP contribution in [0.3, 0.4) is 0 Å². The molecule has 0 aromatic carbocycles. The Morgan fingerprint density at radius 3 is 2.71 bits per heavy atom. The molecule has 0 N–H and O–H groups in total. The van der Waals surface area contributed by atoms with Crippen LogP contribution in [0.5, 0.6) is 0 Å². The quantitative estimate of drug-likeness (QED) is 0.462. The van der Waals surface area contributed by atoms with E-state index in [1.54, 1.807) is 0 Å². The molecular formula is C13H23O+. The van der Waals surface area contributed by atoms with Crippen molar-refractivity contribution in [3.63, 3.8) is 0 Å². The molecule has 0 unspecified atom stereocenters. The molecule has 0 atom stereocenters. The van der Waals surface area contributed by atoms with Crippen molar-refractivity contribution in [3.8, 4) is 0 Å². The van der Waals surface area contributed by atoms with E-state index < -0.39 is 0 Å².